The summed E-state index contributed by atoms with van der Waals surface area (Å²) in [6.07, 6.45) is 5.50. The van der Waals surface area contributed by atoms with Crippen molar-refractivity contribution in [2.24, 2.45) is 11.8 Å². The minimum absolute atomic E-state index is 0.0185. The Kier molecular flexibility index (Phi) is 5.51. The fraction of sp³-hybridized carbons (Fsp3) is 0.579. The number of carbonyl (C=O) groups is 2. The molecule has 1 unspecified atom stereocenters. The van der Waals surface area contributed by atoms with E-state index < -0.39 is 0 Å². The van der Waals surface area contributed by atoms with E-state index in [1.54, 1.807) is 0 Å². The number of hydrogen-bond acceptors (Lipinski definition) is 3. The van der Waals surface area contributed by atoms with Crippen LogP contribution >= 0.6 is 0 Å². The van der Waals surface area contributed by atoms with Crippen molar-refractivity contribution in [2.75, 3.05) is 11.9 Å². The second-order valence-electron chi connectivity index (χ2n) is 7.05. The highest BCUT2D eigenvalue weighted by atomic mass is 16.3. The van der Waals surface area contributed by atoms with Crippen molar-refractivity contribution in [3.8, 4) is 0 Å². The summed E-state index contributed by atoms with van der Waals surface area (Å²) in [6, 6.07) is 8.06. The summed E-state index contributed by atoms with van der Waals surface area (Å²) in [7, 11) is 0. The lowest BCUT2D eigenvalue weighted by atomic mass is 9.86. The second-order valence-corrected chi connectivity index (χ2v) is 7.05. The zero-order valence-corrected chi connectivity index (χ0v) is 14.0. The van der Waals surface area contributed by atoms with Gasteiger partial charge < -0.3 is 15.7 Å². The molecule has 1 aromatic carbocycles. The average Bonchev–Trinajstić information content (AvgIpc) is 2.60. The molecular weight excluding hydrogens is 304 g/mol. The molecule has 0 spiro atoms. The van der Waals surface area contributed by atoms with E-state index in [9.17, 15) is 9.59 Å². The van der Waals surface area contributed by atoms with Gasteiger partial charge >= 0.3 is 0 Å². The van der Waals surface area contributed by atoms with Gasteiger partial charge in [0, 0.05) is 30.7 Å². The molecule has 1 aliphatic carbocycles. The Morgan fingerprint density at radius 3 is 2.71 bits per heavy atom. The molecule has 1 heterocycles. The molecule has 24 heavy (non-hydrogen) atoms. The number of para-hydroxylation sites is 1. The van der Waals surface area contributed by atoms with Gasteiger partial charge in [0.15, 0.2) is 0 Å². The summed E-state index contributed by atoms with van der Waals surface area (Å²) < 4.78 is 0. The van der Waals surface area contributed by atoms with E-state index >= 15 is 0 Å². The quantitative estimate of drug-likeness (QED) is 0.775. The van der Waals surface area contributed by atoms with Gasteiger partial charge in [-0.15, -0.1) is 0 Å². The minimum atomic E-state index is -0.129. The van der Waals surface area contributed by atoms with E-state index in [0.29, 0.717) is 25.2 Å². The number of anilines is 1. The number of carbonyl (C=O) groups excluding carboxylic acids is 2. The molecule has 1 aromatic rings. The maximum atomic E-state index is 12.2. The first-order chi connectivity index (χ1) is 11.7. The first-order valence-electron chi connectivity index (χ1n) is 8.94. The van der Waals surface area contributed by atoms with Gasteiger partial charge in [0.25, 0.3) is 0 Å². The lowest BCUT2D eigenvalue weighted by Crippen LogP contribution is -2.38. The van der Waals surface area contributed by atoms with E-state index in [1.807, 2.05) is 24.3 Å². The summed E-state index contributed by atoms with van der Waals surface area (Å²) in [5.41, 5.74) is 2.04. The van der Waals surface area contributed by atoms with Crippen LogP contribution in [0.15, 0.2) is 24.3 Å². The van der Waals surface area contributed by atoms with Crippen LogP contribution < -0.4 is 10.6 Å². The van der Waals surface area contributed by atoms with Crippen LogP contribution in [-0.2, 0) is 16.0 Å². The van der Waals surface area contributed by atoms with Crippen LogP contribution in [0.5, 0.6) is 0 Å². The Morgan fingerprint density at radius 1 is 1.21 bits per heavy atom. The summed E-state index contributed by atoms with van der Waals surface area (Å²) >= 11 is 0. The van der Waals surface area contributed by atoms with Crippen LogP contribution in [0.2, 0.25) is 0 Å². The molecule has 5 heteroatoms. The van der Waals surface area contributed by atoms with Crippen LogP contribution in [-0.4, -0.2) is 29.6 Å². The van der Waals surface area contributed by atoms with Gasteiger partial charge in [0.2, 0.25) is 11.8 Å². The number of fused-ring (bicyclic) bond motifs is 1. The van der Waals surface area contributed by atoms with Crippen LogP contribution in [0.3, 0.4) is 0 Å². The second kappa shape index (κ2) is 7.79. The van der Waals surface area contributed by atoms with Crippen molar-refractivity contribution in [1.29, 1.82) is 0 Å². The highest BCUT2D eigenvalue weighted by Gasteiger charge is 2.27. The van der Waals surface area contributed by atoms with Crippen LogP contribution in [0, 0.1) is 11.8 Å². The van der Waals surface area contributed by atoms with E-state index in [2.05, 4.69) is 10.6 Å². The third kappa shape index (κ3) is 4.15. The van der Waals surface area contributed by atoms with Crippen molar-refractivity contribution >= 4 is 17.5 Å². The average molecular weight is 330 g/mol. The van der Waals surface area contributed by atoms with Gasteiger partial charge in [0.05, 0.1) is 0 Å². The molecule has 1 atom stereocenters. The molecule has 0 radical (unpaired) electrons. The van der Waals surface area contributed by atoms with E-state index in [0.717, 1.165) is 36.9 Å². The van der Waals surface area contributed by atoms with Gasteiger partial charge in [-0.25, -0.2) is 0 Å². The molecule has 0 bridgehead atoms. The maximum Gasteiger partial charge on any atom is 0.227 e. The fourth-order valence-corrected chi connectivity index (χ4v) is 3.74. The number of aliphatic hydroxyl groups is 1. The molecule has 0 saturated heterocycles. The topological polar surface area (TPSA) is 78.4 Å². The zero-order valence-electron chi connectivity index (χ0n) is 14.0. The molecule has 1 fully saturated rings. The lowest BCUT2D eigenvalue weighted by molar-refractivity contribution is -0.123. The van der Waals surface area contributed by atoms with Crippen molar-refractivity contribution in [3.05, 3.63) is 29.8 Å². The Balaban J connectivity index is 1.44. The smallest absolute Gasteiger partial charge is 0.227 e. The van der Waals surface area contributed by atoms with Crippen molar-refractivity contribution in [2.45, 2.75) is 51.0 Å². The largest absolute Gasteiger partial charge is 0.396 e. The normalized spacial score (nSPS) is 26.4. The molecule has 1 saturated carbocycles. The Hall–Kier alpha value is -1.88. The van der Waals surface area contributed by atoms with Crippen LogP contribution in [0.25, 0.3) is 0 Å². The van der Waals surface area contributed by atoms with E-state index in [1.165, 1.54) is 0 Å². The number of nitrogens with one attached hydrogen (secondary N) is 2. The number of amides is 2. The van der Waals surface area contributed by atoms with Gasteiger partial charge in [-0.3, -0.25) is 9.59 Å². The standard InChI is InChI=1S/C19H26N2O3/c22-12-13-5-8-16(9-6-13)20-18(23)10-7-15-11-14-3-1-2-4-17(14)21-19(15)24/h1-4,13,15-16,22H,5-12H2,(H,20,23)(H,21,24). The Labute approximate surface area is 142 Å². The molecule has 3 rings (SSSR count). The minimum Gasteiger partial charge on any atom is -0.396 e. The molecule has 2 aliphatic rings. The summed E-state index contributed by atoms with van der Waals surface area (Å²) in [4.78, 5) is 24.3. The molecule has 1 aliphatic heterocycles. The Bertz CT molecular complexity index is 594. The molecule has 0 aromatic heterocycles. The highest BCUT2D eigenvalue weighted by molar-refractivity contribution is 5.96. The summed E-state index contributed by atoms with van der Waals surface area (Å²) in [5.74, 6) is 0.319. The lowest BCUT2D eigenvalue weighted by Gasteiger charge is -2.28. The van der Waals surface area contributed by atoms with Crippen LogP contribution in [0.4, 0.5) is 5.69 Å². The molecule has 130 valence electrons. The maximum absolute atomic E-state index is 12.2. The Morgan fingerprint density at radius 2 is 1.96 bits per heavy atom. The van der Waals surface area contributed by atoms with Crippen molar-refractivity contribution < 1.29 is 14.7 Å². The number of rotatable bonds is 5. The fourth-order valence-electron chi connectivity index (χ4n) is 3.74. The SMILES string of the molecule is O=C(CCC1Cc2ccccc2NC1=O)NC1CCC(CO)CC1. The molecule has 3 N–H and O–H groups in total. The van der Waals surface area contributed by atoms with Gasteiger partial charge in [-0.2, -0.15) is 0 Å². The summed E-state index contributed by atoms with van der Waals surface area (Å²) in [5, 5.41) is 15.2. The van der Waals surface area contributed by atoms with Crippen molar-refractivity contribution in [1.82, 2.24) is 5.32 Å². The van der Waals surface area contributed by atoms with E-state index in [4.69, 9.17) is 5.11 Å². The highest BCUT2D eigenvalue weighted by Crippen LogP contribution is 2.28. The number of benzene rings is 1. The monoisotopic (exact) mass is 330 g/mol. The zero-order chi connectivity index (χ0) is 16.9. The van der Waals surface area contributed by atoms with Gasteiger partial charge in [0.1, 0.15) is 0 Å². The number of hydrogen-bond donors (Lipinski definition) is 3. The summed E-state index contributed by atoms with van der Waals surface area (Å²) in [6.45, 7) is 0.249. The number of aliphatic hydroxyl groups excluding tert-OH is 1. The van der Waals surface area contributed by atoms with E-state index in [-0.39, 0.29) is 30.4 Å². The predicted molar refractivity (Wildman–Crippen MR) is 92.5 cm³/mol. The molecular formula is C19H26N2O3. The van der Waals surface area contributed by atoms with Gasteiger partial charge in [-0.1, -0.05) is 18.2 Å². The van der Waals surface area contributed by atoms with Gasteiger partial charge in [-0.05, 0) is 56.1 Å². The first-order valence-corrected chi connectivity index (χ1v) is 8.94. The van der Waals surface area contributed by atoms with Crippen molar-refractivity contribution in [3.63, 3.8) is 0 Å². The predicted octanol–water partition coefficient (Wildman–Crippen LogP) is 2.24. The first kappa shape index (κ1) is 17.0. The third-order valence-electron chi connectivity index (χ3n) is 5.30. The molecule has 2 amide bonds. The third-order valence-corrected chi connectivity index (χ3v) is 5.30. The van der Waals surface area contributed by atoms with Crippen LogP contribution in [0.1, 0.15) is 44.1 Å². The molecule has 5 nitrogen and oxygen atoms in total.